The average molecular weight is 426 g/mol. The van der Waals surface area contributed by atoms with Gasteiger partial charge in [0, 0.05) is 5.69 Å². The Kier molecular flexibility index (Phi) is 8.56. The number of hydrogen-bond acceptors (Lipinski definition) is 6. The maximum absolute atomic E-state index is 12.5. The molecular formula is C22H20ClN3O4. The molecule has 30 heavy (non-hydrogen) atoms. The number of nitrogens with one attached hydrogen (secondary N) is 1. The predicted octanol–water partition coefficient (Wildman–Crippen LogP) is 4.59. The third-order valence-electron chi connectivity index (χ3n) is 3.71. The van der Waals surface area contributed by atoms with Crippen LogP contribution in [0.1, 0.15) is 19.4 Å². The van der Waals surface area contributed by atoms with E-state index < -0.39 is 5.91 Å². The van der Waals surface area contributed by atoms with Crippen molar-refractivity contribution in [2.24, 2.45) is 0 Å². The molecule has 0 fully saturated rings. The van der Waals surface area contributed by atoms with Gasteiger partial charge in [-0.15, -0.1) is 0 Å². The first-order chi connectivity index (χ1) is 14.5. The summed E-state index contributed by atoms with van der Waals surface area (Å²) in [5.41, 5.74) is 0.886. The Morgan fingerprint density at radius 1 is 1.10 bits per heavy atom. The van der Waals surface area contributed by atoms with Crippen LogP contribution in [0.4, 0.5) is 5.69 Å². The number of nitrogens with zero attached hydrogens (tertiary/aromatic N) is 2. The van der Waals surface area contributed by atoms with Crippen LogP contribution < -0.4 is 19.5 Å². The molecule has 0 aliphatic rings. The van der Waals surface area contributed by atoms with Gasteiger partial charge >= 0.3 is 0 Å². The first-order valence-electron chi connectivity index (χ1n) is 9.14. The molecule has 1 amide bonds. The van der Waals surface area contributed by atoms with E-state index in [4.69, 9.17) is 31.1 Å². The van der Waals surface area contributed by atoms with Crippen molar-refractivity contribution in [3.05, 3.63) is 52.6 Å². The summed E-state index contributed by atoms with van der Waals surface area (Å²) in [5, 5.41) is 21.0. The molecular weight excluding hydrogens is 406 g/mol. The fourth-order valence-electron chi connectivity index (χ4n) is 2.49. The van der Waals surface area contributed by atoms with Crippen molar-refractivity contribution in [3.63, 3.8) is 0 Å². The Bertz CT molecular complexity index is 1000. The van der Waals surface area contributed by atoms with Crippen LogP contribution in [0.5, 0.6) is 17.2 Å². The third-order valence-corrected chi connectivity index (χ3v) is 3.99. The number of amides is 1. The van der Waals surface area contributed by atoms with Crippen molar-refractivity contribution in [3.8, 4) is 29.4 Å². The molecule has 0 saturated carbocycles. The summed E-state index contributed by atoms with van der Waals surface area (Å²) in [4.78, 5) is 12.5. The number of nitriles is 2. The van der Waals surface area contributed by atoms with E-state index in [0.717, 1.165) is 0 Å². The lowest BCUT2D eigenvalue weighted by Crippen LogP contribution is -2.13. The summed E-state index contributed by atoms with van der Waals surface area (Å²) in [7, 11) is 0. The first kappa shape index (κ1) is 22.6. The van der Waals surface area contributed by atoms with E-state index in [0.29, 0.717) is 36.0 Å². The minimum atomic E-state index is -0.569. The Morgan fingerprint density at radius 3 is 2.40 bits per heavy atom. The highest BCUT2D eigenvalue weighted by atomic mass is 35.5. The summed E-state index contributed by atoms with van der Waals surface area (Å²) in [6, 6.07) is 13.7. The summed E-state index contributed by atoms with van der Waals surface area (Å²) in [5.74, 6) is 0.661. The van der Waals surface area contributed by atoms with Gasteiger partial charge in [0.1, 0.15) is 23.5 Å². The van der Waals surface area contributed by atoms with Gasteiger partial charge in [0.25, 0.3) is 5.91 Å². The predicted molar refractivity (Wildman–Crippen MR) is 114 cm³/mol. The van der Waals surface area contributed by atoms with Crippen molar-refractivity contribution >= 4 is 29.3 Å². The Hall–Kier alpha value is -3.68. The SMILES string of the molecule is CCOc1ccc(NC(=O)/C(C#N)=C/c2cc(Cl)c(OCC#N)c(OCC)c2)cc1. The number of rotatable bonds is 9. The molecule has 0 heterocycles. The Labute approximate surface area is 180 Å². The van der Waals surface area contributed by atoms with Gasteiger partial charge < -0.3 is 19.5 Å². The van der Waals surface area contributed by atoms with Crippen LogP contribution in [0.2, 0.25) is 5.02 Å². The smallest absolute Gasteiger partial charge is 0.266 e. The lowest BCUT2D eigenvalue weighted by Gasteiger charge is -2.13. The minimum Gasteiger partial charge on any atom is -0.494 e. The Morgan fingerprint density at radius 2 is 1.80 bits per heavy atom. The first-order valence-corrected chi connectivity index (χ1v) is 9.52. The van der Waals surface area contributed by atoms with Crippen molar-refractivity contribution < 1.29 is 19.0 Å². The summed E-state index contributed by atoms with van der Waals surface area (Å²) < 4.78 is 16.2. The van der Waals surface area contributed by atoms with Crippen LogP contribution in [0, 0.1) is 22.7 Å². The van der Waals surface area contributed by atoms with Crippen molar-refractivity contribution in [1.29, 1.82) is 10.5 Å². The summed E-state index contributed by atoms with van der Waals surface area (Å²) >= 11 is 6.24. The van der Waals surface area contributed by atoms with E-state index in [2.05, 4.69) is 5.32 Å². The number of anilines is 1. The van der Waals surface area contributed by atoms with E-state index in [-0.39, 0.29) is 23.0 Å². The largest absolute Gasteiger partial charge is 0.494 e. The zero-order valence-electron chi connectivity index (χ0n) is 16.6. The van der Waals surface area contributed by atoms with Crippen LogP contribution in [-0.2, 0) is 4.79 Å². The second-order valence-corrected chi connectivity index (χ2v) is 6.20. The molecule has 7 nitrogen and oxygen atoms in total. The molecule has 0 aromatic heterocycles. The third kappa shape index (κ3) is 6.16. The molecule has 2 aromatic rings. The second kappa shape index (κ2) is 11.4. The van der Waals surface area contributed by atoms with Gasteiger partial charge in [-0.2, -0.15) is 10.5 Å². The zero-order valence-corrected chi connectivity index (χ0v) is 17.3. The van der Waals surface area contributed by atoms with Gasteiger partial charge in [-0.3, -0.25) is 4.79 Å². The van der Waals surface area contributed by atoms with Gasteiger partial charge in [0.2, 0.25) is 0 Å². The Balaban J connectivity index is 2.26. The van der Waals surface area contributed by atoms with E-state index in [1.54, 1.807) is 37.3 Å². The fraction of sp³-hybridized carbons (Fsp3) is 0.227. The molecule has 0 aliphatic heterocycles. The molecule has 1 N–H and O–H groups in total. The monoisotopic (exact) mass is 425 g/mol. The normalized spacial score (nSPS) is 10.5. The minimum absolute atomic E-state index is 0.118. The zero-order chi connectivity index (χ0) is 21.9. The second-order valence-electron chi connectivity index (χ2n) is 5.79. The standard InChI is InChI=1S/C22H20ClN3O4/c1-3-28-18-7-5-17(6-8-18)26-22(27)16(14-25)11-15-12-19(23)21(30-10-9-24)20(13-15)29-4-2/h5-8,11-13H,3-4,10H2,1-2H3,(H,26,27)/b16-11+. The molecule has 154 valence electrons. The summed E-state index contributed by atoms with van der Waals surface area (Å²) in [6.45, 7) is 4.36. The fourth-order valence-corrected chi connectivity index (χ4v) is 2.77. The van der Waals surface area contributed by atoms with Crippen LogP contribution in [0.15, 0.2) is 42.0 Å². The molecule has 0 aliphatic carbocycles. The molecule has 0 spiro atoms. The number of carbonyl (C=O) groups is 1. The quantitative estimate of drug-likeness (QED) is 0.465. The maximum atomic E-state index is 12.5. The highest BCUT2D eigenvalue weighted by Gasteiger charge is 2.15. The molecule has 2 rings (SSSR count). The molecule has 0 bridgehead atoms. The highest BCUT2D eigenvalue weighted by Crippen LogP contribution is 2.37. The number of ether oxygens (including phenoxy) is 3. The van der Waals surface area contributed by atoms with Crippen molar-refractivity contribution in [1.82, 2.24) is 0 Å². The lowest BCUT2D eigenvalue weighted by molar-refractivity contribution is -0.112. The van der Waals surface area contributed by atoms with E-state index >= 15 is 0 Å². The van der Waals surface area contributed by atoms with Gasteiger partial charge in [-0.05, 0) is 61.9 Å². The molecule has 0 unspecified atom stereocenters. The van der Waals surface area contributed by atoms with E-state index in [9.17, 15) is 10.1 Å². The maximum Gasteiger partial charge on any atom is 0.266 e. The van der Waals surface area contributed by atoms with Crippen LogP contribution in [-0.4, -0.2) is 25.7 Å². The molecule has 0 radical (unpaired) electrons. The number of benzene rings is 2. The molecule has 0 saturated heterocycles. The number of hydrogen-bond donors (Lipinski definition) is 1. The van der Waals surface area contributed by atoms with Gasteiger partial charge in [0.05, 0.1) is 18.2 Å². The molecule has 8 heteroatoms. The van der Waals surface area contributed by atoms with Crippen LogP contribution >= 0.6 is 11.6 Å². The molecule has 2 aromatic carbocycles. The summed E-state index contributed by atoms with van der Waals surface area (Å²) in [6.07, 6.45) is 1.40. The number of halogens is 1. The topological polar surface area (TPSA) is 104 Å². The van der Waals surface area contributed by atoms with Crippen LogP contribution in [0.3, 0.4) is 0 Å². The van der Waals surface area contributed by atoms with Gasteiger partial charge in [-0.25, -0.2) is 0 Å². The average Bonchev–Trinajstić information content (AvgIpc) is 2.73. The number of carbonyl (C=O) groups excluding carboxylic acids is 1. The van der Waals surface area contributed by atoms with Crippen molar-refractivity contribution in [2.45, 2.75) is 13.8 Å². The van der Waals surface area contributed by atoms with Gasteiger partial charge in [0.15, 0.2) is 18.1 Å². The molecule has 0 atom stereocenters. The lowest BCUT2D eigenvalue weighted by atomic mass is 10.1. The van der Waals surface area contributed by atoms with Gasteiger partial charge in [-0.1, -0.05) is 11.6 Å². The van der Waals surface area contributed by atoms with Crippen molar-refractivity contribution in [2.75, 3.05) is 25.1 Å². The van der Waals surface area contributed by atoms with Crippen LogP contribution in [0.25, 0.3) is 6.08 Å². The van der Waals surface area contributed by atoms with E-state index in [1.807, 2.05) is 19.1 Å². The van der Waals surface area contributed by atoms with E-state index in [1.165, 1.54) is 12.1 Å². The highest BCUT2D eigenvalue weighted by molar-refractivity contribution is 6.32.